The summed E-state index contributed by atoms with van der Waals surface area (Å²) in [5.74, 6) is -2.40. The van der Waals surface area contributed by atoms with E-state index < -0.39 is 19.8 Å². The number of aliphatic carboxylic acids is 1. The second-order valence-corrected chi connectivity index (χ2v) is 12.0. The van der Waals surface area contributed by atoms with E-state index in [4.69, 9.17) is 9.84 Å². The highest BCUT2D eigenvalue weighted by Crippen LogP contribution is 2.20. The van der Waals surface area contributed by atoms with Crippen LogP contribution in [0.15, 0.2) is 24.5 Å². The van der Waals surface area contributed by atoms with Crippen molar-refractivity contribution in [3.05, 3.63) is 30.1 Å². The molecule has 1 N–H and O–H groups in total. The van der Waals surface area contributed by atoms with Gasteiger partial charge in [-0.15, -0.1) is 0 Å². The molecule has 2 aromatic heterocycles. The van der Waals surface area contributed by atoms with Crippen molar-refractivity contribution in [3.8, 4) is 0 Å². The SMILES string of the molecule is C[Si](C)(C)CCOCn1cc(C(=O)C(=O)O)c2cccnc21. The number of carbonyl (C=O) groups is 2. The fourth-order valence-corrected chi connectivity index (χ4v) is 2.82. The van der Waals surface area contributed by atoms with Gasteiger partial charge in [0.05, 0.1) is 5.56 Å². The predicted molar refractivity (Wildman–Crippen MR) is 85.8 cm³/mol. The summed E-state index contributed by atoms with van der Waals surface area (Å²) in [7, 11) is -1.16. The van der Waals surface area contributed by atoms with Gasteiger partial charge >= 0.3 is 5.97 Å². The number of carboxylic acid groups (broad SMARTS) is 1. The first-order valence-corrected chi connectivity index (χ1v) is 10.8. The lowest BCUT2D eigenvalue weighted by Gasteiger charge is -2.15. The highest BCUT2D eigenvalue weighted by atomic mass is 28.3. The molecular formula is C15H20N2O4Si. The van der Waals surface area contributed by atoms with Gasteiger partial charge in [-0.3, -0.25) is 4.79 Å². The van der Waals surface area contributed by atoms with Gasteiger partial charge in [-0.1, -0.05) is 19.6 Å². The largest absolute Gasteiger partial charge is 0.475 e. The van der Waals surface area contributed by atoms with Gasteiger partial charge in [-0.05, 0) is 18.2 Å². The van der Waals surface area contributed by atoms with Gasteiger partial charge in [0, 0.05) is 32.5 Å². The molecule has 0 bridgehead atoms. The molecule has 6 nitrogen and oxygen atoms in total. The highest BCUT2D eigenvalue weighted by Gasteiger charge is 2.21. The van der Waals surface area contributed by atoms with E-state index in [0.717, 1.165) is 6.04 Å². The number of hydrogen-bond donors (Lipinski definition) is 1. The molecule has 7 heteroatoms. The van der Waals surface area contributed by atoms with Crippen molar-refractivity contribution in [2.45, 2.75) is 32.4 Å². The quantitative estimate of drug-likeness (QED) is 0.367. The number of fused-ring (bicyclic) bond motifs is 1. The van der Waals surface area contributed by atoms with Crippen LogP contribution in [0.3, 0.4) is 0 Å². The number of Topliss-reactive ketones (excluding diaryl/α,β-unsaturated/α-hetero) is 1. The number of pyridine rings is 1. The molecule has 0 radical (unpaired) electrons. The molecule has 22 heavy (non-hydrogen) atoms. The number of carbonyl (C=O) groups excluding carboxylic acids is 1. The lowest BCUT2D eigenvalue weighted by molar-refractivity contribution is -0.131. The lowest BCUT2D eigenvalue weighted by atomic mass is 10.1. The van der Waals surface area contributed by atoms with Crippen LogP contribution in [0.25, 0.3) is 11.0 Å². The summed E-state index contributed by atoms with van der Waals surface area (Å²) in [5, 5.41) is 9.43. The Morgan fingerprint density at radius 1 is 1.36 bits per heavy atom. The maximum Gasteiger partial charge on any atom is 0.377 e. The normalized spacial score (nSPS) is 11.8. The fraction of sp³-hybridized carbons (Fsp3) is 0.400. The van der Waals surface area contributed by atoms with E-state index >= 15 is 0 Å². The van der Waals surface area contributed by atoms with Gasteiger partial charge in [-0.25, -0.2) is 9.78 Å². The van der Waals surface area contributed by atoms with Crippen molar-refractivity contribution in [3.63, 3.8) is 0 Å². The van der Waals surface area contributed by atoms with E-state index in [2.05, 4.69) is 24.6 Å². The van der Waals surface area contributed by atoms with Crippen molar-refractivity contribution in [2.24, 2.45) is 0 Å². The van der Waals surface area contributed by atoms with Gasteiger partial charge < -0.3 is 14.4 Å². The van der Waals surface area contributed by atoms with Crippen LogP contribution in [0.2, 0.25) is 25.7 Å². The molecule has 2 aromatic rings. The summed E-state index contributed by atoms with van der Waals surface area (Å²) >= 11 is 0. The number of carboxylic acids is 1. The Morgan fingerprint density at radius 2 is 2.09 bits per heavy atom. The summed E-state index contributed by atoms with van der Waals surface area (Å²) < 4.78 is 7.33. The topological polar surface area (TPSA) is 81.4 Å². The third-order valence-electron chi connectivity index (χ3n) is 3.30. The van der Waals surface area contributed by atoms with Crippen LogP contribution in [-0.2, 0) is 16.3 Å². The average Bonchev–Trinajstić information content (AvgIpc) is 2.81. The van der Waals surface area contributed by atoms with Gasteiger partial charge in [-0.2, -0.15) is 0 Å². The zero-order chi connectivity index (χ0) is 16.3. The summed E-state index contributed by atoms with van der Waals surface area (Å²) in [6, 6.07) is 4.41. The summed E-state index contributed by atoms with van der Waals surface area (Å²) in [6.45, 7) is 7.71. The van der Waals surface area contributed by atoms with Crippen LogP contribution in [0.1, 0.15) is 10.4 Å². The van der Waals surface area contributed by atoms with E-state index in [1.165, 1.54) is 6.20 Å². The highest BCUT2D eigenvalue weighted by molar-refractivity contribution is 6.76. The molecule has 0 aliphatic heterocycles. The van der Waals surface area contributed by atoms with Crippen molar-refractivity contribution < 1.29 is 19.4 Å². The van der Waals surface area contributed by atoms with Gasteiger partial charge in [0.15, 0.2) is 0 Å². The predicted octanol–water partition coefficient (Wildman–Crippen LogP) is 2.62. The maximum absolute atomic E-state index is 11.8. The van der Waals surface area contributed by atoms with Gasteiger partial charge in [0.2, 0.25) is 0 Å². The van der Waals surface area contributed by atoms with Crippen LogP contribution >= 0.6 is 0 Å². The van der Waals surface area contributed by atoms with Crippen LogP contribution < -0.4 is 0 Å². The van der Waals surface area contributed by atoms with E-state index in [1.807, 2.05) is 0 Å². The Labute approximate surface area is 129 Å². The molecule has 0 spiro atoms. The van der Waals surface area contributed by atoms with Crippen molar-refractivity contribution in [1.29, 1.82) is 0 Å². The van der Waals surface area contributed by atoms with Gasteiger partial charge in [0.1, 0.15) is 12.4 Å². The molecule has 2 heterocycles. The van der Waals surface area contributed by atoms with Crippen molar-refractivity contribution in [1.82, 2.24) is 9.55 Å². The van der Waals surface area contributed by atoms with Crippen LogP contribution in [-0.4, -0.2) is 41.1 Å². The molecule has 0 saturated heterocycles. The molecule has 0 amide bonds. The Balaban J connectivity index is 2.20. The first-order valence-electron chi connectivity index (χ1n) is 7.09. The fourth-order valence-electron chi connectivity index (χ4n) is 2.06. The second-order valence-electron chi connectivity index (χ2n) is 6.37. The molecule has 0 fully saturated rings. The smallest absolute Gasteiger partial charge is 0.377 e. The Kier molecular flexibility index (Phi) is 4.77. The zero-order valence-corrected chi connectivity index (χ0v) is 14.0. The van der Waals surface area contributed by atoms with Crippen molar-refractivity contribution >= 4 is 30.9 Å². The Hall–Kier alpha value is -1.99. The first kappa shape index (κ1) is 16.4. The number of rotatable bonds is 7. The molecule has 0 aliphatic carbocycles. The Morgan fingerprint density at radius 3 is 2.73 bits per heavy atom. The number of aromatic nitrogens is 2. The summed E-state index contributed by atoms with van der Waals surface area (Å²) in [6.07, 6.45) is 3.11. The minimum absolute atomic E-state index is 0.143. The van der Waals surface area contributed by atoms with E-state index in [9.17, 15) is 9.59 Å². The number of ketones is 1. The van der Waals surface area contributed by atoms with E-state index in [1.54, 1.807) is 22.9 Å². The molecular weight excluding hydrogens is 300 g/mol. The lowest BCUT2D eigenvalue weighted by Crippen LogP contribution is -2.22. The molecule has 0 saturated carbocycles. The van der Waals surface area contributed by atoms with Crippen molar-refractivity contribution in [2.75, 3.05) is 6.61 Å². The molecule has 0 aromatic carbocycles. The van der Waals surface area contributed by atoms with Crippen LogP contribution in [0, 0.1) is 0 Å². The van der Waals surface area contributed by atoms with E-state index in [-0.39, 0.29) is 12.3 Å². The molecule has 0 aliphatic rings. The monoisotopic (exact) mass is 320 g/mol. The third kappa shape index (κ3) is 3.80. The van der Waals surface area contributed by atoms with Gasteiger partial charge in [0.25, 0.3) is 5.78 Å². The standard InChI is InChI=1S/C15H20N2O4Si/c1-22(2,3)8-7-21-10-17-9-12(13(18)15(19)20)11-5-4-6-16-14(11)17/h4-6,9H,7-8,10H2,1-3H3,(H,19,20). The maximum atomic E-state index is 11.8. The molecule has 0 atom stereocenters. The zero-order valence-electron chi connectivity index (χ0n) is 13.0. The molecule has 118 valence electrons. The summed E-state index contributed by atoms with van der Waals surface area (Å²) in [5.41, 5.74) is 0.699. The summed E-state index contributed by atoms with van der Waals surface area (Å²) in [4.78, 5) is 26.9. The Bertz CT molecular complexity index is 703. The average molecular weight is 320 g/mol. The first-order chi connectivity index (χ1) is 10.3. The second kappa shape index (κ2) is 6.41. The van der Waals surface area contributed by atoms with Crippen LogP contribution in [0.5, 0.6) is 0 Å². The number of hydrogen-bond acceptors (Lipinski definition) is 4. The molecule has 2 rings (SSSR count). The van der Waals surface area contributed by atoms with E-state index in [0.29, 0.717) is 17.6 Å². The minimum atomic E-state index is -1.47. The molecule has 0 unspecified atom stereocenters. The number of ether oxygens (including phenoxy) is 1. The third-order valence-corrected chi connectivity index (χ3v) is 5.00. The minimum Gasteiger partial charge on any atom is -0.475 e. The van der Waals surface area contributed by atoms with Crippen LogP contribution in [0.4, 0.5) is 0 Å². The number of nitrogens with zero attached hydrogens (tertiary/aromatic N) is 2.